The molecule has 0 aliphatic heterocycles. The predicted octanol–water partition coefficient (Wildman–Crippen LogP) is 5.30. The highest BCUT2D eigenvalue weighted by Gasteiger charge is 2.32. The van der Waals surface area contributed by atoms with Crippen LogP contribution in [0.1, 0.15) is 31.8 Å². The number of hydrogen-bond donors (Lipinski definition) is 1. The molecule has 3 nitrogen and oxygen atoms in total. The molecule has 1 atom stereocenters. The SMILES string of the molecule is O=C(O)c1ccc(CC2Cc3c(cccc3-c3cccc(Cl)c3)C2=O)cc1. The largest absolute Gasteiger partial charge is 0.478 e. The van der Waals surface area contributed by atoms with Crippen LogP contribution >= 0.6 is 11.6 Å². The van der Waals surface area contributed by atoms with Crippen molar-refractivity contribution in [1.82, 2.24) is 0 Å². The van der Waals surface area contributed by atoms with Crippen LogP contribution in [0.2, 0.25) is 5.02 Å². The molecule has 0 bridgehead atoms. The summed E-state index contributed by atoms with van der Waals surface area (Å²) in [6, 6.07) is 20.2. The highest BCUT2D eigenvalue weighted by atomic mass is 35.5. The summed E-state index contributed by atoms with van der Waals surface area (Å²) in [5.41, 5.74) is 5.13. The van der Waals surface area contributed by atoms with Gasteiger partial charge in [-0.2, -0.15) is 0 Å². The summed E-state index contributed by atoms with van der Waals surface area (Å²) in [7, 11) is 0. The van der Waals surface area contributed by atoms with E-state index in [4.69, 9.17) is 16.7 Å². The summed E-state index contributed by atoms with van der Waals surface area (Å²) in [6.45, 7) is 0. The van der Waals surface area contributed by atoms with Gasteiger partial charge in [-0.05, 0) is 59.4 Å². The van der Waals surface area contributed by atoms with Gasteiger partial charge in [0.1, 0.15) is 0 Å². The van der Waals surface area contributed by atoms with Crippen LogP contribution in [0.4, 0.5) is 0 Å². The van der Waals surface area contributed by atoms with E-state index in [2.05, 4.69) is 0 Å². The topological polar surface area (TPSA) is 54.4 Å². The number of halogens is 1. The van der Waals surface area contributed by atoms with E-state index in [1.807, 2.05) is 42.5 Å². The molecule has 0 saturated carbocycles. The van der Waals surface area contributed by atoms with Gasteiger partial charge in [0, 0.05) is 16.5 Å². The van der Waals surface area contributed by atoms with Crippen LogP contribution in [0.25, 0.3) is 11.1 Å². The van der Waals surface area contributed by atoms with Crippen LogP contribution in [0, 0.1) is 5.92 Å². The summed E-state index contributed by atoms with van der Waals surface area (Å²) in [5.74, 6) is -0.927. The van der Waals surface area contributed by atoms with Crippen molar-refractivity contribution in [2.75, 3.05) is 0 Å². The summed E-state index contributed by atoms with van der Waals surface area (Å²) >= 11 is 6.14. The smallest absolute Gasteiger partial charge is 0.335 e. The van der Waals surface area contributed by atoms with Crippen molar-refractivity contribution in [2.24, 2.45) is 5.92 Å². The summed E-state index contributed by atoms with van der Waals surface area (Å²) in [5, 5.41) is 9.69. The maximum atomic E-state index is 12.9. The zero-order valence-corrected chi connectivity index (χ0v) is 15.2. The number of hydrogen-bond acceptors (Lipinski definition) is 2. The molecule has 4 rings (SSSR count). The van der Waals surface area contributed by atoms with Crippen molar-refractivity contribution in [1.29, 1.82) is 0 Å². The van der Waals surface area contributed by atoms with Gasteiger partial charge >= 0.3 is 5.97 Å². The third-order valence-electron chi connectivity index (χ3n) is 5.08. The third-order valence-corrected chi connectivity index (χ3v) is 5.32. The lowest BCUT2D eigenvalue weighted by Crippen LogP contribution is -2.12. The van der Waals surface area contributed by atoms with E-state index in [9.17, 15) is 9.59 Å². The van der Waals surface area contributed by atoms with Gasteiger partial charge in [0.05, 0.1) is 5.56 Å². The molecule has 1 aliphatic carbocycles. The van der Waals surface area contributed by atoms with Gasteiger partial charge in [0.2, 0.25) is 0 Å². The zero-order chi connectivity index (χ0) is 19.0. The third kappa shape index (κ3) is 3.38. The van der Waals surface area contributed by atoms with E-state index in [0.29, 0.717) is 17.9 Å². The molecule has 0 aromatic heterocycles. The molecule has 27 heavy (non-hydrogen) atoms. The van der Waals surface area contributed by atoms with Crippen molar-refractivity contribution in [3.8, 4) is 11.1 Å². The Morgan fingerprint density at radius 3 is 2.41 bits per heavy atom. The number of carbonyl (C=O) groups excluding carboxylic acids is 1. The predicted molar refractivity (Wildman–Crippen MR) is 106 cm³/mol. The molecular formula is C23H17ClO3. The molecule has 0 spiro atoms. The molecule has 1 N–H and O–H groups in total. The average molecular weight is 377 g/mol. The normalized spacial score (nSPS) is 15.6. The maximum absolute atomic E-state index is 12.9. The highest BCUT2D eigenvalue weighted by Crippen LogP contribution is 2.36. The van der Waals surface area contributed by atoms with E-state index >= 15 is 0 Å². The molecule has 3 aromatic carbocycles. The fourth-order valence-corrected chi connectivity index (χ4v) is 3.95. The van der Waals surface area contributed by atoms with Crippen LogP contribution in [0.15, 0.2) is 66.7 Å². The number of rotatable bonds is 4. The standard InChI is InChI=1S/C23H17ClO3/c24-18-4-1-3-16(12-18)19-5-2-6-20-21(19)13-17(22(20)25)11-14-7-9-15(10-8-14)23(26)27/h1-10,12,17H,11,13H2,(H,26,27). The van der Waals surface area contributed by atoms with Gasteiger partial charge in [-0.3, -0.25) is 4.79 Å². The number of fused-ring (bicyclic) bond motifs is 1. The Kier molecular flexibility index (Phi) is 4.54. The molecule has 3 aromatic rings. The molecule has 0 radical (unpaired) electrons. The van der Waals surface area contributed by atoms with E-state index in [0.717, 1.165) is 27.8 Å². The molecule has 0 amide bonds. The average Bonchev–Trinajstić information content (AvgIpc) is 2.98. The second-order valence-electron chi connectivity index (χ2n) is 6.81. The Labute approximate surface area is 162 Å². The minimum absolute atomic E-state index is 0.129. The van der Waals surface area contributed by atoms with Gasteiger partial charge < -0.3 is 5.11 Å². The Morgan fingerprint density at radius 1 is 1.00 bits per heavy atom. The van der Waals surface area contributed by atoms with Crippen molar-refractivity contribution in [2.45, 2.75) is 12.8 Å². The first-order valence-corrected chi connectivity index (χ1v) is 9.15. The first-order chi connectivity index (χ1) is 13.0. The second kappa shape index (κ2) is 7.01. The Bertz CT molecular complexity index is 1040. The number of Topliss-reactive ketones (excluding diaryl/α,β-unsaturated/α-hetero) is 1. The molecule has 1 aliphatic rings. The number of ketones is 1. The number of carboxylic acids is 1. The number of carbonyl (C=O) groups is 2. The van der Waals surface area contributed by atoms with E-state index in [-0.39, 0.29) is 17.3 Å². The van der Waals surface area contributed by atoms with Gasteiger partial charge in [0.25, 0.3) is 0 Å². The fourth-order valence-electron chi connectivity index (χ4n) is 3.76. The van der Waals surface area contributed by atoms with Crippen LogP contribution in [-0.2, 0) is 12.8 Å². The Morgan fingerprint density at radius 2 is 1.70 bits per heavy atom. The first kappa shape index (κ1) is 17.5. The fraction of sp³-hybridized carbons (Fsp3) is 0.130. The summed E-state index contributed by atoms with van der Waals surface area (Å²) < 4.78 is 0. The number of carboxylic acid groups (broad SMARTS) is 1. The van der Waals surface area contributed by atoms with E-state index < -0.39 is 5.97 Å². The van der Waals surface area contributed by atoms with Crippen LogP contribution in [-0.4, -0.2) is 16.9 Å². The van der Waals surface area contributed by atoms with Gasteiger partial charge in [-0.25, -0.2) is 4.79 Å². The molecular weight excluding hydrogens is 360 g/mol. The minimum Gasteiger partial charge on any atom is -0.478 e. The monoisotopic (exact) mass is 376 g/mol. The quantitative estimate of drug-likeness (QED) is 0.672. The lowest BCUT2D eigenvalue weighted by molar-refractivity contribution is 0.0696. The molecule has 0 heterocycles. The van der Waals surface area contributed by atoms with Crippen molar-refractivity contribution in [3.63, 3.8) is 0 Å². The Hall–Kier alpha value is -2.91. The maximum Gasteiger partial charge on any atom is 0.335 e. The first-order valence-electron chi connectivity index (χ1n) is 8.77. The van der Waals surface area contributed by atoms with Crippen LogP contribution in [0.3, 0.4) is 0 Å². The van der Waals surface area contributed by atoms with E-state index in [1.165, 1.54) is 0 Å². The van der Waals surface area contributed by atoms with Crippen molar-refractivity contribution in [3.05, 3.63) is 94.0 Å². The molecule has 134 valence electrons. The zero-order valence-electron chi connectivity index (χ0n) is 14.5. The van der Waals surface area contributed by atoms with E-state index in [1.54, 1.807) is 24.3 Å². The van der Waals surface area contributed by atoms with Gasteiger partial charge in [0.15, 0.2) is 5.78 Å². The lowest BCUT2D eigenvalue weighted by Gasteiger charge is -2.09. The highest BCUT2D eigenvalue weighted by molar-refractivity contribution is 6.30. The summed E-state index contributed by atoms with van der Waals surface area (Å²) in [4.78, 5) is 23.9. The molecule has 4 heteroatoms. The molecule has 0 saturated heterocycles. The van der Waals surface area contributed by atoms with Crippen molar-refractivity contribution < 1.29 is 14.7 Å². The lowest BCUT2D eigenvalue weighted by atomic mass is 9.94. The minimum atomic E-state index is -0.947. The number of aromatic carboxylic acids is 1. The Balaban J connectivity index is 1.62. The summed E-state index contributed by atoms with van der Waals surface area (Å²) in [6.07, 6.45) is 1.28. The van der Waals surface area contributed by atoms with Crippen LogP contribution in [0.5, 0.6) is 0 Å². The molecule has 1 unspecified atom stereocenters. The van der Waals surface area contributed by atoms with Gasteiger partial charge in [-0.1, -0.05) is 54.1 Å². The van der Waals surface area contributed by atoms with Gasteiger partial charge in [-0.15, -0.1) is 0 Å². The van der Waals surface area contributed by atoms with Crippen LogP contribution < -0.4 is 0 Å². The molecule has 0 fully saturated rings. The second-order valence-corrected chi connectivity index (χ2v) is 7.25. The number of benzene rings is 3. The van der Waals surface area contributed by atoms with Crippen molar-refractivity contribution >= 4 is 23.4 Å².